The summed E-state index contributed by atoms with van der Waals surface area (Å²) in [5.74, 6) is -0.531. The van der Waals surface area contributed by atoms with Gasteiger partial charge in [-0.15, -0.1) is 0 Å². The van der Waals surface area contributed by atoms with Crippen LogP contribution in [0.15, 0.2) is 36.4 Å². The van der Waals surface area contributed by atoms with E-state index in [0.717, 1.165) is 0 Å². The summed E-state index contributed by atoms with van der Waals surface area (Å²) in [6.07, 6.45) is 0. The van der Waals surface area contributed by atoms with Gasteiger partial charge < -0.3 is 10.5 Å². The van der Waals surface area contributed by atoms with Gasteiger partial charge in [0.2, 0.25) is 0 Å². The van der Waals surface area contributed by atoms with E-state index in [1.165, 1.54) is 24.3 Å². The maximum Gasteiger partial charge on any atom is 0.184 e. The minimum atomic E-state index is -0.657. The molecule has 0 saturated heterocycles. The molecular weight excluding hydrogens is 290 g/mol. The second kappa shape index (κ2) is 5.47. The highest BCUT2D eigenvalue weighted by Gasteiger charge is 2.11. The van der Waals surface area contributed by atoms with Gasteiger partial charge in [0.05, 0.1) is 10.0 Å². The Kier molecular flexibility index (Phi) is 3.93. The van der Waals surface area contributed by atoms with E-state index in [0.29, 0.717) is 5.56 Å². The van der Waals surface area contributed by atoms with Crippen LogP contribution in [0.2, 0.25) is 10.0 Å². The fraction of sp³-hybridized carbons (Fsp3) is 0. The van der Waals surface area contributed by atoms with Crippen molar-refractivity contribution in [2.24, 2.45) is 5.73 Å². The number of hydrogen-bond donors (Lipinski definition) is 2. The van der Waals surface area contributed by atoms with E-state index >= 15 is 0 Å². The Bertz CT molecular complexity index is 647. The fourth-order valence-electron chi connectivity index (χ4n) is 1.43. The van der Waals surface area contributed by atoms with Gasteiger partial charge in [0, 0.05) is 5.56 Å². The first kappa shape index (κ1) is 13.6. The summed E-state index contributed by atoms with van der Waals surface area (Å²) in [6, 6.07) is 8.98. The molecule has 2 aromatic rings. The Morgan fingerprint density at radius 1 is 1.11 bits per heavy atom. The minimum absolute atomic E-state index is 0.0232. The number of hydrogen-bond acceptors (Lipinski definition) is 2. The van der Waals surface area contributed by atoms with E-state index in [1.807, 2.05) is 0 Å². The molecule has 19 heavy (non-hydrogen) atoms. The molecule has 0 amide bonds. The Hall–Kier alpha value is -1.78. The highest BCUT2D eigenvalue weighted by atomic mass is 35.5. The van der Waals surface area contributed by atoms with Crippen LogP contribution >= 0.6 is 23.2 Å². The average Bonchev–Trinajstić information content (AvgIpc) is 2.37. The molecule has 0 aliphatic heterocycles. The van der Waals surface area contributed by atoms with Crippen LogP contribution in [0, 0.1) is 11.2 Å². The molecule has 0 fully saturated rings. The van der Waals surface area contributed by atoms with Gasteiger partial charge in [0.1, 0.15) is 11.6 Å². The molecule has 98 valence electrons. The fourth-order valence-corrected chi connectivity index (χ4v) is 1.82. The standard InChI is InChI=1S/C13H9Cl2FN2O/c14-8-2-1-3-11(12(8)16)19-10-5-4-7(13(17)18)6-9(10)15/h1-6H,(H3,17,18). The van der Waals surface area contributed by atoms with Crippen LogP contribution in [0.5, 0.6) is 11.5 Å². The number of ether oxygens (including phenoxy) is 1. The first-order valence-electron chi connectivity index (χ1n) is 5.25. The highest BCUT2D eigenvalue weighted by molar-refractivity contribution is 6.32. The van der Waals surface area contributed by atoms with E-state index in [1.54, 1.807) is 12.1 Å². The number of nitrogens with two attached hydrogens (primary N) is 1. The third-order valence-corrected chi connectivity index (χ3v) is 2.97. The van der Waals surface area contributed by atoms with E-state index < -0.39 is 5.82 Å². The van der Waals surface area contributed by atoms with Crippen molar-refractivity contribution in [2.75, 3.05) is 0 Å². The Morgan fingerprint density at radius 3 is 2.47 bits per heavy atom. The van der Waals surface area contributed by atoms with Gasteiger partial charge in [0.25, 0.3) is 0 Å². The van der Waals surface area contributed by atoms with Crippen LogP contribution in [-0.2, 0) is 0 Å². The Labute approximate surface area is 119 Å². The van der Waals surface area contributed by atoms with E-state index in [9.17, 15) is 4.39 Å². The van der Waals surface area contributed by atoms with Crippen molar-refractivity contribution >= 4 is 29.0 Å². The van der Waals surface area contributed by atoms with Crippen molar-refractivity contribution in [3.05, 3.63) is 57.8 Å². The lowest BCUT2D eigenvalue weighted by molar-refractivity contribution is 0.442. The lowest BCUT2D eigenvalue weighted by atomic mass is 10.2. The van der Waals surface area contributed by atoms with Gasteiger partial charge >= 0.3 is 0 Å². The Balaban J connectivity index is 2.34. The summed E-state index contributed by atoms with van der Waals surface area (Å²) in [6.45, 7) is 0. The third-order valence-electron chi connectivity index (χ3n) is 2.38. The second-order valence-electron chi connectivity index (χ2n) is 3.71. The van der Waals surface area contributed by atoms with Gasteiger partial charge in [-0.25, -0.2) is 4.39 Å². The van der Waals surface area contributed by atoms with Crippen molar-refractivity contribution in [1.29, 1.82) is 5.41 Å². The van der Waals surface area contributed by atoms with Crippen molar-refractivity contribution in [3.63, 3.8) is 0 Å². The van der Waals surface area contributed by atoms with Crippen LogP contribution in [-0.4, -0.2) is 5.84 Å². The van der Waals surface area contributed by atoms with Gasteiger partial charge in [-0.05, 0) is 30.3 Å². The smallest absolute Gasteiger partial charge is 0.184 e. The number of amidine groups is 1. The maximum absolute atomic E-state index is 13.7. The van der Waals surface area contributed by atoms with E-state index in [2.05, 4.69) is 0 Å². The molecule has 0 aromatic heterocycles. The first-order chi connectivity index (χ1) is 8.99. The molecule has 3 nitrogen and oxygen atoms in total. The van der Waals surface area contributed by atoms with E-state index in [-0.39, 0.29) is 27.4 Å². The number of halogens is 3. The lowest BCUT2D eigenvalue weighted by Gasteiger charge is -2.10. The summed E-state index contributed by atoms with van der Waals surface area (Å²) in [5, 5.41) is 7.48. The summed E-state index contributed by atoms with van der Waals surface area (Å²) in [4.78, 5) is 0. The molecule has 0 saturated carbocycles. The number of benzene rings is 2. The number of nitrogen functional groups attached to an aromatic ring is 1. The molecule has 0 unspecified atom stereocenters. The topological polar surface area (TPSA) is 59.1 Å². The zero-order valence-corrected chi connectivity index (χ0v) is 11.1. The van der Waals surface area contributed by atoms with Crippen molar-refractivity contribution < 1.29 is 9.13 Å². The Morgan fingerprint density at radius 2 is 1.84 bits per heavy atom. The average molecular weight is 299 g/mol. The normalized spacial score (nSPS) is 10.3. The first-order valence-corrected chi connectivity index (χ1v) is 6.00. The van der Waals surface area contributed by atoms with Gasteiger partial charge in [0.15, 0.2) is 11.6 Å². The molecule has 2 aromatic carbocycles. The molecule has 0 radical (unpaired) electrons. The zero-order valence-electron chi connectivity index (χ0n) is 9.58. The third kappa shape index (κ3) is 2.97. The van der Waals surface area contributed by atoms with Crippen molar-refractivity contribution in [2.45, 2.75) is 0 Å². The van der Waals surface area contributed by atoms with Crippen molar-refractivity contribution in [3.8, 4) is 11.5 Å². The van der Waals surface area contributed by atoms with Crippen LogP contribution in [0.1, 0.15) is 5.56 Å². The molecule has 0 aliphatic rings. The van der Waals surface area contributed by atoms with E-state index in [4.69, 9.17) is 39.1 Å². The molecule has 3 N–H and O–H groups in total. The number of rotatable bonds is 3. The maximum atomic E-state index is 13.7. The molecule has 0 aliphatic carbocycles. The van der Waals surface area contributed by atoms with Gasteiger partial charge in [-0.1, -0.05) is 29.3 Å². The summed E-state index contributed by atoms with van der Waals surface area (Å²) in [5.41, 5.74) is 5.80. The lowest BCUT2D eigenvalue weighted by Crippen LogP contribution is -2.10. The van der Waals surface area contributed by atoms with Gasteiger partial charge in [-0.3, -0.25) is 5.41 Å². The van der Waals surface area contributed by atoms with Crippen LogP contribution in [0.3, 0.4) is 0 Å². The molecule has 0 spiro atoms. The molecule has 0 bridgehead atoms. The van der Waals surface area contributed by atoms with Crippen molar-refractivity contribution in [1.82, 2.24) is 0 Å². The number of nitrogens with one attached hydrogen (secondary N) is 1. The molecule has 0 heterocycles. The SMILES string of the molecule is N=C(N)c1ccc(Oc2cccc(Cl)c2F)c(Cl)c1. The molecular formula is C13H9Cl2FN2O. The largest absolute Gasteiger partial charge is 0.453 e. The monoisotopic (exact) mass is 298 g/mol. The van der Waals surface area contributed by atoms with Crippen LogP contribution < -0.4 is 10.5 Å². The highest BCUT2D eigenvalue weighted by Crippen LogP contribution is 2.33. The zero-order chi connectivity index (χ0) is 14.0. The van der Waals surface area contributed by atoms with Crippen LogP contribution in [0.4, 0.5) is 4.39 Å². The predicted molar refractivity (Wildman–Crippen MR) is 74.0 cm³/mol. The van der Waals surface area contributed by atoms with Gasteiger partial charge in [-0.2, -0.15) is 0 Å². The summed E-state index contributed by atoms with van der Waals surface area (Å²) < 4.78 is 19.0. The summed E-state index contributed by atoms with van der Waals surface area (Å²) in [7, 11) is 0. The summed E-state index contributed by atoms with van der Waals surface area (Å²) >= 11 is 11.6. The minimum Gasteiger partial charge on any atom is -0.453 e. The molecule has 0 atom stereocenters. The molecule has 2 rings (SSSR count). The predicted octanol–water partition coefficient (Wildman–Crippen LogP) is 4.21. The quantitative estimate of drug-likeness (QED) is 0.659. The van der Waals surface area contributed by atoms with Crippen LogP contribution in [0.25, 0.3) is 0 Å². The second-order valence-corrected chi connectivity index (χ2v) is 4.53. The molecule has 6 heteroatoms.